The van der Waals surface area contributed by atoms with Crippen molar-refractivity contribution in [3.8, 4) is 22.6 Å². The molecule has 1 amide bonds. The lowest BCUT2D eigenvalue weighted by molar-refractivity contribution is 0.0953. The van der Waals surface area contributed by atoms with Crippen molar-refractivity contribution in [2.45, 2.75) is 52.6 Å². The Morgan fingerprint density at radius 3 is 2.67 bits per heavy atom. The summed E-state index contributed by atoms with van der Waals surface area (Å²) in [6.45, 7) is 5.02. The second kappa shape index (κ2) is 14.7. The summed E-state index contributed by atoms with van der Waals surface area (Å²) in [4.78, 5) is 13.1. The predicted octanol–water partition coefficient (Wildman–Crippen LogP) is 6.97. The van der Waals surface area contributed by atoms with E-state index in [1.807, 2.05) is 86.7 Å². The molecule has 0 radical (unpaired) electrons. The highest BCUT2D eigenvalue weighted by Crippen LogP contribution is 2.32. The number of carbonyl (C=O) groups is 1. The molecule has 1 aliphatic carbocycles. The van der Waals surface area contributed by atoms with Crippen LogP contribution in [-0.2, 0) is 6.61 Å². The van der Waals surface area contributed by atoms with Gasteiger partial charge >= 0.3 is 0 Å². The maximum absolute atomic E-state index is 13.1. The number of carbonyl (C=O) groups excluding carboxylic acids is 1. The Hall–Kier alpha value is -4.31. The van der Waals surface area contributed by atoms with E-state index in [0.29, 0.717) is 24.5 Å². The molecule has 0 aliphatic heterocycles. The molecule has 0 unspecified atom stereocenters. The monoisotopic (exact) mass is 533 g/mol. The molecule has 3 aromatic rings. The minimum absolute atomic E-state index is 0.120. The number of hydrogen-bond donors (Lipinski definition) is 2. The largest absolute Gasteiger partial charge is 0.507 e. The Bertz CT molecular complexity index is 1510. The molecule has 206 valence electrons. The number of nitrogens with one attached hydrogen (secondary N) is 1. The van der Waals surface area contributed by atoms with Crippen LogP contribution in [0.25, 0.3) is 23.3 Å². The zero-order chi connectivity index (χ0) is 28.2. The van der Waals surface area contributed by atoms with Crippen LogP contribution < -0.4 is 20.5 Å². The topological polar surface area (TPSA) is 58.6 Å². The maximum Gasteiger partial charge on any atom is 0.251 e. The van der Waals surface area contributed by atoms with E-state index in [-0.39, 0.29) is 11.7 Å². The molecule has 0 bridgehead atoms. The first-order valence-corrected chi connectivity index (χ1v) is 14.2. The Balaban J connectivity index is 1.64. The first-order chi connectivity index (χ1) is 19.6. The van der Waals surface area contributed by atoms with E-state index in [1.54, 1.807) is 12.1 Å². The number of rotatable bonds is 11. The van der Waals surface area contributed by atoms with Gasteiger partial charge in [0, 0.05) is 22.9 Å². The number of amides is 1. The fourth-order valence-corrected chi connectivity index (χ4v) is 4.79. The first kappa shape index (κ1) is 28.7. The number of allylic oxidation sites excluding steroid dienone is 6. The third-order valence-electron chi connectivity index (χ3n) is 6.86. The van der Waals surface area contributed by atoms with Crippen LogP contribution >= 0.6 is 0 Å². The van der Waals surface area contributed by atoms with Gasteiger partial charge in [0.1, 0.15) is 18.1 Å². The van der Waals surface area contributed by atoms with Crippen LogP contribution in [0, 0.1) is 0 Å². The van der Waals surface area contributed by atoms with Gasteiger partial charge in [-0.15, -0.1) is 0 Å². The molecule has 0 saturated carbocycles. The molecule has 4 rings (SSSR count). The molecule has 4 heteroatoms. The normalized spacial score (nSPS) is 14.0. The fourth-order valence-electron chi connectivity index (χ4n) is 4.79. The van der Waals surface area contributed by atoms with Crippen LogP contribution in [-0.4, -0.2) is 17.6 Å². The second-order valence-electron chi connectivity index (χ2n) is 9.91. The number of phenolic OH excluding ortho intramolecular Hbond substituents is 1. The van der Waals surface area contributed by atoms with Crippen LogP contribution in [0.1, 0.15) is 61.9 Å². The lowest BCUT2D eigenvalue weighted by Crippen LogP contribution is -2.25. The summed E-state index contributed by atoms with van der Waals surface area (Å²) < 4.78 is 6.26. The molecule has 4 nitrogen and oxygen atoms in total. The third-order valence-corrected chi connectivity index (χ3v) is 6.86. The summed E-state index contributed by atoms with van der Waals surface area (Å²) >= 11 is 0. The molecular formula is C36H39NO3. The van der Waals surface area contributed by atoms with Gasteiger partial charge < -0.3 is 15.2 Å². The highest BCUT2D eigenvalue weighted by atomic mass is 16.5. The van der Waals surface area contributed by atoms with E-state index < -0.39 is 0 Å². The van der Waals surface area contributed by atoms with Crippen LogP contribution in [0.2, 0.25) is 0 Å². The standard InChI is InChI=1S/C36H39NO3/c1-3-5-19-29-23-31(25-34(38)32(29)13-4-2)33-24-30(20-21-35(33)40-26-28-16-10-7-11-17-28)36(39)37-22-12-18-27-14-8-6-9-15-27/h3,5,7-8,10-11,13-17,19-21,23-25,38H,4,6,9,12,18,22,26H2,1-2H3,(H,37,39)/b5-3-,29-19-,32-13-. The Morgan fingerprint density at radius 2 is 1.93 bits per heavy atom. The SMILES string of the molecule is C\C=C/C=c1/cc(-c2cc(C(=O)NCCCC3=CCCC=C3)ccc2OCc2ccccc2)cc(O)/c1=C\CC. The molecule has 0 aromatic heterocycles. The van der Waals surface area contributed by atoms with Crippen molar-refractivity contribution < 1.29 is 14.6 Å². The van der Waals surface area contributed by atoms with E-state index in [2.05, 4.69) is 23.5 Å². The number of phenols is 1. The van der Waals surface area contributed by atoms with E-state index in [1.165, 1.54) is 5.57 Å². The van der Waals surface area contributed by atoms with Gasteiger partial charge in [0.05, 0.1) is 0 Å². The van der Waals surface area contributed by atoms with Crippen molar-refractivity contribution in [3.05, 3.63) is 118 Å². The van der Waals surface area contributed by atoms with Crippen molar-refractivity contribution in [1.82, 2.24) is 5.32 Å². The highest BCUT2D eigenvalue weighted by molar-refractivity contribution is 5.96. The van der Waals surface area contributed by atoms with Crippen molar-refractivity contribution in [2.75, 3.05) is 6.54 Å². The van der Waals surface area contributed by atoms with E-state index in [9.17, 15) is 9.90 Å². The Kier molecular flexibility index (Phi) is 10.6. The molecule has 3 aromatic carbocycles. The molecule has 2 N–H and O–H groups in total. The van der Waals surface area contributed by atoms with Gasteiger partial charge in [-0.1, -0.05) is 85.4 Å². The van der Waals surface area contributed by atoms with Crippen molar-refractivity contribution >= 4 is 18.1 Å². The summed E-state index contributed by atoms with van der Waals surface area (Å²) in [6, 6.07) is 19.3. The van der Waals surface area contributed by atoms with E-state index in [4.69, 9.17) is 4.74 Å². The van der Waals surface area contributed by atoms with Gasteiger partial charge in [-0.05, 0) is 85.7 Å². The lowest BCUT2D eigenvalue weighted by Gasteiger charge is -2.15. The molecule has 1 aliphatic rings. The average Bonchev–Trinajstić information content (AvgIpc) is 2.99. The summed E-state index contributed by atoms with van der Waals surface area (Å²) in [5.41, 5.74) is 4.50. The minimum atomic E-state index is -0.120. The molecule has 0 saturated heterocycles. The summed E-state index contributed by atoms with van der Waals surface area (Å²) in [7, 11) is 0. The predicted molar refractivity (Wildman–Crippen MR) is 166 cm³/mol. The zero-order valence-electron chi connectivity index (χ0n) is 23.5. The summed E-state index contributed by atoms with van der Waals surface area (Å²) in [5.74, 6) is 0.731. The lowest BCUT2D eigenvalue weighted by atomic mass is 9.99. The number of aromatic hydroxyl groups is 1. The first-order valence-electron chi connectivity index (χ1n) is 14.2. The van der Waals surface area contributed by atoms with Crippen LogP contribution in [0.4, 0.5) is 0 Å². The molecule has 40 heavy (non-hydrogen) atoms. The van der Waals surface area contributed by atoms with Gasteiger partial charge in [-0.25, -0.2) is 0 Å². The third kappa shape index (κ3) is 7.86. The van der Waals surface area contributed by atoms with Gasteiger partial charge in [0.25, 0.3) is 5.91 Å². The quantitative estimate of drug-likeness (QED) is 0.262. The fraction of sp³-hybridized carbons (Fsp3) is 0.250. The number of benzene rings is 3. The molecule has 0 atom stereocenters. The van der Waals surface area contributed by atoms with Crippen LogP contribution in [0.5, 0.6) is 11.5 Å². The molecule has 0 heterocycles. The van der Waals surface area contributed by atoms with Crippen molar-refractivity contribution in [3.63, 3.8) is 0 Å². The van der Waals surface area contributed by atoms with Crippen molar-refractivity contribution in [1.29, 1.82) is 0 Å². The number of ether oxygens (including phenoxy) is 1. The molecular weight excluding hydrogens is 494 g/mol. The summed E-state index contributed by atoms with van der Waals surface area (Å²) in [5, 5.41) is 15.8. The maximum atomic E-state index is 13.1. The van der Waals surface area contributed by atoms with Crippen LogP contribution in [0.15, 0.2) is 96.6 Å². The van der Waals surface area contributed by atoms with Gasteiger partial charge in [0.2, 0.25) is 0 Å². The molecule has 0 fully saturated rings. The zero-order valence-corrected chi connectivity index (χ0v) is 23.5. The highest BCUT2D eigenvalue weighted by Gasteiger charge is 2.14. The Morgan fingerprint density at radius 1 is 1.07 bits per heavy atom. The van der Waals surface area contributed by atoms with Gasteiger partial charge in [0.15, 0.2) is 0 Å². The van der Waals surface area contributed by atoms with Crippen LogP contribution in [0.3, 0.4) is 0 Å². The van der Waals surface area contributed by atoms with E-state index >= 15 is 0 Å². The van der Waals surface area contributed by atoms with E-state index in [0.717, 1.165) is 59.2 Å². The minimum Gasteiger partial charge on any atom is -0.507 e. The molecule has 0 spiro atoms. The van der Waals surface area contributed by atoms with Gasteiger partial charge in [-0.3, -0.25) is 4.79 Å². The van der Waals surface area contributed by atoms with Gasteiger partial charge in [-0.2, -0.15) is 0 Å². The second-order valence-corrected chi connectivity index (χ2v) is 9.91. The smallest absolute Gasteiger partial charge is 0.251 e. The number of hydrogen-bond acceptors (Lipinski definition) is 3. The van der Waals surface area contributed by atoms with Crippen molar-refractivity contribution in [2.24, 2.45) is 0 Å². The average molecular weight is 534 g/mol. The summed E-state index contributed by atoms with van der Waals surface area (Å²) in [6.07, 6.45) is 19.5. The Labute approximate surface area is 237 Å².